The van der Waals surface area contributed by atoms with Gasteiger partial charge < -0.3 is 19.7 Å². The maximum Gasteiger partial charge on any atom is 0.161 e. The van der Waals surface area contributed by atoms with Crippen molar-refractivity contribution in [3.05, 3.63) is 41.6 Å². The van der Waals surface area contributed by atoms with Crippen molar-refractivity contribution in [2.45, 2.75) is 26.7 Å². The molecule has 1 aliphatic heterocycles. The SMILES string of the molecule is CCCc1[nH]nc(-c2cc(C)c(O)cc2O)c1-c1ccc2c(c1)OCCO2. The molecule has 1 aliphatic rings. The van der Waals surface area contributed by atoms with Crippen LogP contribution < -0.4 is 9.47 Å². The summed E-state index contributed by atoms with van der Waals surface area (Å²) in [6.07, 6.45) is 1.79. The second kappa shape index (κ2) is 6.87. The third kappa shape index (κ3) is 3.07. The lowest BCUT2D eigenvalue weighted by Gasteiger charge is -2.19. The summed E-state index contributed by atoms with van der Waals surface area (Å²) in [6, 6.07) is 8.93. The van der Waals surface area contributed by atoms with Crippen LogP contribution in [0, 0.1) is 6.92 Å². The van der Waals surface area contributed by atoms with E-state index >= 15 is 0 Å². The van der Waals surface area contributed by atoms with E-state index in [0.29, 0.717) is 35.8 Å². The molecule has 6 nitrogen and oxygen atoms in total. The van der Waals surface area contributed by atoms with Gasteiger partial charge in [-0.2, -0.15) is 5.10 Å². The number of rotatable bonds is 4. The molecule has 0 amide bonds. The molecule has 0 aliphatic carbocycles. The fourth-order valence-corrected chi connectivity index (χ4v) is 3.39. The fourth-order valence-electron chi connectivity index (χ4n) is 3.39. The van der Waals surface area contributed by atoms with Gasteiger partial charge in [-0.3, -0.25) is 5.10 Å². The van der Waals surface area contributed by atoms with Crippen molar-refractivity contribution < 1.29 is 19.7 Å². The van der Waals surface area contributed by atoms with Gasteiger partial charge in [0.15, 0.2) is 11.5 Å². The molecule has 27 heavy (non-hydrogen) atoms. The third-order valence-electron chi connectivity index (χ3n) is 4.74. The van der Waals surface area contributed by atoms with Gasteiger partial charge in [0.1, 0.15) is 30.4 Å². The quantitative estimate of drug-likeness (QED) is 0.644. The van der Waals surface area contributed by atoms with Gasteiger partial charge in [-0.15, -0.1) is 0 Å². The van der Waals surface area contributed by atoms with Crippen molar-refractivity contribution in [2.24, 2.45) is 0 Å². The summed E-state index contributed by atoms with van der Waals surface area (Å²) in [5.74, 6) is 1.49. The van der Waals surface area contributed by atoms with Crippen LogP contribution in [-0.2, 0) is 6.42 Å². The number of benzene rings is 2. The average molecular weight is 366 g/mol. The first kappa shape index (κ1) is 17.3. The van der Waals surface area contributed by atoms with E-state index in [0.717, 1.165) is 35.4 Å². The van der Waals surface area contributed by atoms with Gasteiger partial charge >= 0.3 is 0 Å². The monoisotopic (exact) mass is 366 g/mol. The second-order valence-corrected chi connectivity index (χ2v) is 6.69. The molecule has 0 saturated carbocycles. The molecule has 1 aromatic heterocycles. The molecule has 2 aromatic carbocycles. The Balaban J connectivity index is 1.89. The predicted octanol–water partition coefficient (Wildman–Crippen LogP) is 4.19. The Morgan fingerprint density at radius 1 is 1.04 bits per heavy atom. The summed E-state index contributed by atoms with van der Waals surface area (Å²) in [7, 11) is 0. The first-order valence-corrected chi connectivity index (χ1v) is 9.08. The minimum absolute atomic E-state index is 0.00792. The van der Waals surface area contributed by atoms with Crippen molar-refractivity contribution in [1.82, 2.24) is 10.2 Å². The lowest BCUT2D eigenvalue weighted by atomic mass is 9.95. The molecule has 140 valence electrons. The lowest BCUT2D eigenvalue weighted by Crippen LogP contribution is -2.15. The van der Waals surface area contributed by atoms with E-state index in [1.807, 2.05) is 18.2 Å². The molecular weight excluding hydrogens is 344 g/mol. The maximum absolute atomic E-state index is 10.4. The normalized spacial score (nSPS) is 13.0. The number of ether oxygens (including phenoxy) is 2. The molecule has 0 spiro atoms. The number of nitrogens with one attached hydrogen (secondary N) is 1. The second-order valence-electron chi connectivity index (χ2n) is 6.69. The van der Waals surface area contributed by atoms with Gasteiger partial charge in [0, 0.05) is 22.9 Å². The van der Waals surface area contributed by atoms with Crippen LogP contribution in [-0.4, -0.2) is 33.6 Å². The Hall–Kier alpha value is -3.15. The third-order valence-corrected chi connectivity index (χ3v) is 4.74. The molecule has 0 radical (unpaired) electrons. The number of aromatic hydroxyl groups is 2. The van der Waals surface area contributed by atoms with Crippen molar-refractivity contribution in [2.75, 3.05) is 13.2 Å². The predicted molar refractivity (Wildman–Crippen MR) is 103 cm³/mol. The topological polar surface area (TPSA) is 87.6 Å². The standard InChI is InChI=1S/C21H22N2O4/c1-3-4-15-20(13-5-6-18-19(10-13)27-8-7-26-18)21(23-22-15)14-9-12(2)16(24)11-17(14)25/h5-6,9-11,24-25H,3-4,7-8H2,1-2H3,(H,22,23). The van der Waals surface area contributed by atoms with E-state index in [9.17, 15) is 10.2 Å². The highest BCUT2D eigenvalue weighted by molar-refractivity contribution is 5.86. The van der Waals surface area contributed by atoms with Crippen LogP contribution in [0.3, 0.4) is 0 Å². The molecule has 2 heterocycles. The first-order valence-electron chi connectivity index (χ1n) is 9.08. The summed E-state index contributed by atoms with van der Waals surface area (Å²) < 4.78 is 11.3. The van der Waals surface area contributed by atoms with Gasteiger partial charge in [-0.1, -0.05) is 19.4 Å². The van der Waals surface area contributed by atoms with Gasteiger partial charge in [0.25, 0.3) is 0 Å². The smallest absolute Gasteiger partial charge is 0.161 e. The zero-order valence-electron chi connectivity index (χ0n) is 15.4. The number of phenolic OH excluding ortho intramolecular Hbond substituents is 2. The van der Waals surface area contributed by atoms with E-state index in [4.69, 9.17) is 9.47 Å². The molecular formula is C21H22N2O4. The van der Waals surface area contributed by atoms with Crippen LogP contribution in [0.15, 0.2) is 30.3 Å². The summed E-state index contributed by atoms with van der Waals surface area (Å²) in [5.41, 5.74) is 4.76. The fraction of sp³-hybridized carbons (Fsp3) is 0.286. The summed E-state index contributed by atoms with van der Waals surface area (Å²) in [5, 5.41) is 27.9. The summed E-state index contributed by atoms with van der Waals surface area (Å²) in [4.78, 5) is 0. The number of aromatic amines is 1. The summed E-state index contributed by atoms with van der Waals surface area (Å²) in [6.45, 7) is 4.97. The minimum Gasteiger partial charge on any atom is -0.508 e. The molecule has 0 atom stereocenters. The molecule has 0 saturated heterocycles. The number of hydrogen-bond donors (Lipinski definition) is 3. The highest BCUT2D eigenvalue weighted by atomic mass is 16.6. The van der Waals surface area contributed by atoms with E-state index in [-0.39, 0.29) is 11.5 Å². The molecule has 0 bridgehead atoms. The Morgan fingerprint density at radius 3 is 2.59 bits per heavy atom. The van der Waals surface area contributed by atoms with Crippen molar-refractivity contribution in [1.29, 1.82) is 0 Å². The molecule has 3 N–H and O–H groups in total. The van der Waals surface area contributed by atoms with Crippen LogP contribution in [0.4, 0.5) is 0 Å². The van der Waals surface area contributed by atoms with Crippen molar-refractivity contribution in [3.63, 3.8) is 0 Å². The van der Waals surface area contributed by atoms with Crippen LogP contribution >= 0.6 is 0 Å². The minimum atomic E-state index is -0.00792. The number of fused-ring (bicyclic) bond motifs is 1. The summed E-state index contributed by atoms with van der Waals surface area (Å²) >= 11 is 0. The zero-order valence-corrected chi connectivity index (χ0v) is 15.4. The molecule has 0 unspecified atom stereocenters. The molecule has 4 rings (SSSR count). The van der Waals surface area contributed by atoms with E-state index in [2.05, 4.69) is 17.1 Å². The number of nitrogens with zero attached hydrogens (tertiary/aromatic N) is 1. The average Bonchev–Trinajstić information content (AvgIpc) is 3.08. The van der Waals surface area contributed by atoms with Gasteiger partial charge in [-0.05, 0) is 42.7 Å². The molecule has 6 heteroatoms. The highest BCUT2D eigenvalue weighted by Crippen LogP contribution is 2.42. The maximum atomic E-state index is 10.4. The number of hydrogen-bond acceptors (Lipinski definition) is 5. The van der Waals surface area contributed by atoms with E-state index < -0.39 is 0 Å². The van der Waals surface area contributed by atoms with Crippen LogP contribution in [0.5, 0.6) is 23.0 Å². The van der Waals surface area contributed by atoms with E-state index in [1.165, 1.54) is 6.07 Å². The van der Waals surface area contributed by atoms with Gasteiger partial charge in [-0.25, -0.2) is 0 Å². The molecule has 0 fully saturated rings. The Bertz CT molecular complexity index is 994. The number of aryl methyl sites for hydroxylation is 2. The zero-order chi connectivity index (χ0) is 19.0. The van der Waals surface area contributed by atoms with Crippen LogP contribution in [0.2, 0.25) is 0 Å². The number of phenols is 2. The first-order chi connectivity index (χ1) is 13.1. The van der Waals surface area contributed by atoms with Gasteiger partial charge in [0.05, 0.1) is 0 Å². The van der Waals surface area contributed by atoms with Crippen LogP contribution in [0.25, 0.3) is 22.4 Å². The Kier molecular flexibility index (Phi) is 4.39. The Labute approximate surface area is 157 Å². The van der Waals surface area contributed by atoms with Crippen molar-refractivity contribution in [3.8, 4) is 45.4 Å². The van der Waals surface area contributed by atoms with Crippen LogP contribution in [0.1, 0.15) is 24.6 Å². The lowest BCUT2D eigenvalue weighted by molar-refractivity contribution is 0.171. The van der Waals surface area contributed by atoms with E-state index in [1.54, 1.807) is 13.0 Å². The van der Waals surface area contributed by atoms with Crippen molar-refractivity contribution >= 4 is 0 Å². The molecule has 3 aromatic rings. The van der Waals surface area contributed by atoms with Gasteiger partial charge in [0.2, 0.25) is 0 Å². The number of aromatic nitrogens is 2. The number of H-pyrrole nitrogens is 1. The Morgan fingerprint density at radius 2 is 1.81 bits per heavy atom. The largest absolute Gasteiger partial charge is 0.508 e. The highest BCUT2D eigenvalue weighted by Gasteiger charge is 2.22.